The second-order valence-corrected chi connectivity index (χ2v) is 10.3. The summed E-state index contributed by atoms with van der Waals surface area (Å²) in [6, 6.07) is 10.3. The summed E-state index contributed by atoms with van der Waals surface area (Å²) in [5.74, 6) is 1.48. The molecular formula is C22H25N5O3S. The summed E-state index contributed by atoms with van der Waals surface area (Å²) in [6.45, 7) is 4.03. The number of fused-ring (bicyclic) bond motifs is 1. The van der Waals surface area contributed by atoms with Crippen molar-refractivity contribution in [3.05, 3.63) is 47.7 Å². The van der Waals surface area contributed by atoms with Crippen LogP contribution in [0.4, 0.5) is 5.95 Å². The van der Waals surface area contributed by atoms with Crippen molar-refractivity contribution in [1.82, 2.24) is 15.0 Å². The number of anilines is 1. The highest BCUT2D eigenvalue weighted by Gasteiger charge is 2.41. The highest BCUT2D eigenvalue weighted by Crippen LogP contribution is 2.42. The summed E-state index contributed by atoms with van der Waals surface area (Å²) < 4.78 is 29.2. The standard InChI is InChI=1S/C22H25N5O3S/c1-13(14-5-7-16(8-6-14)31(23,28)29)24-21-26-18-10-9-17(15-3-4-15)25-19(18)20(27-21)30-22(2)11-12-22/h5-10,13,15H,3-4,11-12H2,1-2H3,(H2,23,28,29)(H,24,26,27)/t13-/m1/s1. The van der Waals surface area contributed by atoms with E-state index in [0.717, 1.165) is 29.6 Å². The van der Waals surface area contributed by atoms with Crippen LogP contribution in [0.15, 0.2) is 41.3 Å². The van der Waals surface area contributed by atoms with Gasteiger partial charge in [0.25, 0.3) is 0 Å². The largest absolute Gasteiger partial charge is 0.470 e. The van der Waals surface area contributed by atoms with E-state index >= 15 is 0 Å². The van der Waals surface area contributed by atoms with Crippen molar-refractivity contribution in [2.75, 3.05) is 5.32 Å². The minimum Gasteiger partial charge on any atom is -0.470 e. The summed E-state index contributed by atoms with van der Waals surface area (Å²) in [6.07, 6.45) is 4.34. The normalized spacial score (nSPS) is 18.5. The topological polar surface area (TPSA) is 120 Å². The van der Waals surface area contributed by atoms with Crippen LogP contribution >= 0.6 is 0 Å². The number of nitrogens with one attached hydrogen (secondary N) is 1. The molecule has 5 rings (SSSR count). The van der Waals surface area contributed by atoms with Crippen LogP contribution in [0.3, 0.4) is 0 Å². The molecule has 8 nitrogen and oxygen atoms in total. The molecule has 31 heavy (non-hydrogen) atoms. The van der Waals surface area contributed by atoms with Crippen molar-refractivity contribution in [2.45, 2.75) is 62.0 Å². The Morgan fingerprint density at radius 1 is 1.10 bits per heavy atom. The van der Waals surface area contributed by atoms with Gasteiger partial charge in [-0.3, -0.25) is 0 Å². The number of hydrogen-bond acceptors (Lipinski definition) is 7. The van der Waals surface area contributed by atoms with E-state index in [1.165, 1.54) is 25.0 Å². The Kier molecular flexibility index (Phi) is 4.63. The maximum absolute atomic E-state index is 11.5. The van der Waals surface area contributed by atoms with Crippen LogP contribution in [0.2, 0.25) is 0 Å². The van der Waals surface area contributed by atoms with E-state index in [1.807, 2.05) is 19.1 Å². The van der Waals surface area contributed by atoms with Gasteiger partial charge in [-0.15, -0.1) is 0 Å². The van der Waals surface area contributed by atoms with Gasteiger partial charge in [0.15, 0.2) is 5.52 Å². The van der Waals surface area contributed by atoms with Gasteiger partial charge in [0, 0.05) is 11.6 Å². The second kappa shape index (κ2) is 7.13. The maximum Gasteiger partial charge on any atom is 0.246 e. The smallest absolute Gasteiger partial charge is 0.246 e. The third kappa shape index (κ3) is 4.33. The second-order valence-electron chi connectivity index (χ2n) is 8.76. The quantitative estimate of drug-likeness (QED) is 0.576. The zero-order valence-electron chi connectivity index (χ0n) is 17.5. The van der Waals surface area contributed by atoms with Gasteiger partial charge >= 0.3 is 0 Å². The van der Waals surface area contributed by atoms with Gasteiger partial charge in [-0.2, -0.15) is 4.98 Å². The molecule has 3 N–H and O–H groups in total. The predicted molar refractivity (Wildman–Crippen MR) is 117 cm³/mol. The monoisotopic (exact) mass is 439 g/mol. The molecule has 2 saturated carbocycles. The van der Waals surface area contributed by atoms with Crippen LogP contribution in [0.1, 0.15) is 62.7 Å². The summed E-state index contributed by atoms with van der Waals surface area (Å²) in [5, 5.41) is 8.48. The third-order valence-electron chi connectivity index (χ3n) is 5.88. The maximum atomic E-state index is 11.5. The zero-order valence-corrected chi connectivity index (χ0v) is 18.3. The van der Waals surface area contributed by atoms with Gasteiger partial charge in [0.1, 0.15) is 5.60 Å². The number of benzene rings is 1. The summed E-state index contributed by atoms with van der Waals surface area (Å²) in [4.78, 5) is 14.2. The fourth-order valence-corrected chi connectivity index (χ4v) is 3.99. The molecule has 1 atom stereocenters. The van der Waals surface area contributed by atoms with E-state index in [2.05, 4.69) is 22.2 Å². The van der Waals surface area contributed by atoms with Gasteiger partial charge in [-0.05, 0) is 69.4 Å². The van der Waals surface area contributed by atoms with Crippen LogP contribution in [0.5, 0.6) is 5.88 Å². The first-order valence-electron chi connectivity index (χ1n) is 10.5. The molecule has 3 aromatic rings. The van der Waals surface area contributed by atoms with Crippen LogP contribution in [-0.2, 0) is 10.0 Å². The van der Waals surface area contributed by atoms with Crippen molar-refractivity contribution in [2.24, 2.45) is 5.14 Å². The number of nitrogens with zero attached hydrogens (tertiary/aromatic N) is 3. The zero-order chi connectivity index (χ0) is 21.8. The van der Waals surface area contributed by atoms with Gasteiger partial charge in [0.2, 0.25) is 21.9 Å². The van der Waals surface area contributed by atoms with E-state index in [0.29, 0.717) is 23.3 Å². The average Bonchev–Trinajstić information content (AvgIpc) is 3.65. The van der Waals surface area contributed by atoms with Crippen molar-refractivity contribution < 1.29 is 13.2 Å². The van der Waals surface area contributed by atoms with Crippen LogP contribution in [0.25, 0.3) is 11.0 Å². The molecule has 0 bridgehead atoms. The van der Waals surface area contributed by atoms with Crippen molar-refractivity contribution >= 4 is 27.0 Å². The van der Waals surface area contributed by atoms with E-state index < -0.39 is 10.0 Å². The number of hydrogen-bond donors (Lipinski definition) is 2. The number of primary sulfonamides is 1. The number of aromatic nitrogens is 3. The minimum absolute atomic E-state index is 0.0799. The Morgan fingerprint density at radius 3 is 2.42 bits per heavy atom. The lowest BCUT2D eigenvalue weighted by atomic mass is 10.1. The molecular weight excluding hydrogens is 414 g/mol. The Hall–Kier alpha value is -2.78. The van der Waals surface area contributed by atoms with E-state index in [4.69, 9.17) is 14.9 Å². The Morgan fingerprint density at radius 2 is 1.81 bits per heavy atom. The molecule has 0 amide bonds. The summed E-state index contributed by atoms with van der Waals surface area (Å²) in [7, 11) is -3.72. The fraction of sp³-hybridized carbons (Fsp3) is 0.409. The molecule has 0 saturated heterocycles. The van der Waals surface area contributed by atoms with E-state index in [1.54, 1.807) is 12.1 Å². The number of sulfonamides is 1. The molecule has 0 unspecified atom stereocenters. The van der Waals surface area contributed by atoms with Gasteiger partial charge in [-0.1, -0.05) is 12.1 Å². The molecule has 0 spiro atoms. The van der Waals surface area contributed by atoms with Gasteiger partial charge in [0.05, 0.1) is 16.5 Å². The molecule has 9 heteroatoms. The van der Waals surface area contributed by atoms with Gasteiger partial charge in [-0.25, -0.2) is 23.5 Å². The summed E-state index contributed by atoms with van der Waals surface area (Å²) in [5.41, 5.74) is 3.21. The Balaban J connectivity index is 1.45. The molecule has 0 radical (unpaired) electrons. The highest BCUT2D eigenvalue weighted by atomic mass is 32.2. The molecule has 1 aromatic carbocycles. The van der Waals surface area contributed by atoms with Crippen LogP contribution in [0, 0.1) is 0 Å². The number of ether oxygens (including phenoxy) is 1. The molecule has 2 aliphatic carbocycles. The van der Waals surface area contributed by atoms with Crippen LogP contribution < -0.4 is 15.2 Å². The Bertz CT molecular complexity index is 1250. The van der Waals surface area contributed by atoms with Crippen molar-refractivity contribution in [1.29, 1.82) is 0 Å². The lowest BCUT2D eigenvalue weighted by Gasteiger charge is -2.18. The van der Waals surface area contributed by atoms with Crippen molar-refractivity contribution in [3.8, 4) is 5.88 Å². The van der Waals surface area contributed by atoms with Gasteiger partial charge < -0.3 is 10.1 Å². The molecule has 2 fully saturated rings. The number of pyridine rings is 1. The molecule has 2 aliphatic rings. The summed E-state index contributed by atoms with van der Waals surface area (Å²) >= 11 is 0. The minimum atomic E-state index is -3.72. The third-order valence-corrected chi connectivity index (χ3v) is 6.81. The number of nitrogens with two attached hydrogens (primary N) is 1. The molecule has 162 valence electrons. The predicted octanol–water partition coefficient (Wildman–Crippen LogP) is 3.65. The lowest BCUT2D eigenvalue weighted by Crippen LogP contribution is -2.16. The number of rotatable bonds is 7. The highest BCUT2D eigenvalue weighted by molar-refractivity contribution is 7.89. The average molecular weight is 440 g/mol. The molecule has 2 aromatic heterocycles. The fourth-order valence-electron chi connectivity index (χ4n) is 3.48. The van der Waals surface area contributed by atoms with Crippen molar-refractivity contribution in [3.63, 3.8) is 0 Å². The lowest BCUT2D eigenvalue weighted by molar-refractivity contribution is 0.194. The van der Waals surface area contributed by atoms with E-state index in [-0.39, 0.29) is 16.5 Å². The first kappa shape index (κ1) is 20.1. The molecule has 0 aliphatic heterocycles. The first-order chi connectivity index (χ1) is 14.7. The Labute approximate surface area is 181 Å². The molecule has 2 heterocycles. The van der Waals surface area contributed by atoms with E-state index in [9.17, 15) is 8.42 Å². The SMILES string of the molecule is C[C@@H](Nc1nc(OC2(C)CC2)c2nc(C3CC3)ccc2n1)c1ccc(S(N)(=O)=O)cc1. The van der Waals surface area contributed by atoms with Crippen LogP contribution in [-0.4, -0.2) is 29.0 Å². The first-order valence-corrected chi connectivity index (χ1v) is 12.0.